The highest BCUT2D eigenvalue weighted by Crippen LogP contribution is 2.11. The van der Waals surface area contributed by atoms with E-state index in [1.165, 1.54) is 0 Å². The van der Waals surface area contributed by atoms with Crippen LogP contribution in [0.2, 0.25) is 0 Å². The van der Waals surface area contributed by atoms with E-state index >= 15 is 0 Å². The Labute approximate surface area is 123 Å². The number of rotatable bonds is 5. The third-order valence-corrected chi connectivity index (χ3v) is 3.13. The number of nitrogens with zero attached hydrogens (tertiary/aromatic N) is 2. The number of hydrogen-bond acceptors (Lipinski definition) is 3. The van der Waals surface area contributed by atoms with Crippen molar-refractivity contribution in [1.29, 1.82) is 5.26 Å². The second-order valence-electron chi connectivity index (χ2n) is 4.63. The van der Waals surface area contributed by atoms with Gasteiger partial charge < -0.3 is 10.0 Å². The third kappa shape index (κ3) is 3.91. The minimum Gasteiger partial charge on any atom is -0.395 e. The van der Waals surface area contributed by atoms with Gasteiger partial charge in [0, 0.05) is 18.7 Å². The summed E-state index contributed by atoms with van der Waals surface area (Å²) in [5.74, 6) is -0.155. The number of nitriles is 1. The smallest absolute Gasteiger partial charge is 0.254 e. The molecule has 2 aromatic rings. The summed E-state index contributed by atoms with van der Waals surface area (Å²) < 4.78 is 0. The molecule has 0 atom stereocenters. The van der Waals surface area contributed by atoms with Crippen LogP contribution in [-0.2, 0) is 6.54 Å². The predicted molar refractivity (Wildman–Crippen MR) is 79.4 cm³/mol. The topological polar surface area (TPSA) is 64.3 Å². The highest BCUT2D eigenvalue weighted by Gasteiger charge is 2.15. The molecule has 0 aliphatic heterocycles. The van der Waals surface area contributed by atoms with Crippen molar-refractivity contribution in [2.75, 3.05) is 13.2 Å². The van der Waals surface area contributed by atoms with Gasteiger partial charge in [0.2, 0.25) is 0 Å². The Morgan fingerprint density at radius 1 is 1.10 bits per heavy atom. The maximum Gasteiger partial charge on any atom is 0.254 e. The molecule has 4 heteroatoms. The fourth-order valence-electron chi connectivity index (χ4n) is 2.05. The number of aliphatic hydroxyl groups excluding tert-OH is 1. The SMILES string of the molecule is N#Cc1ccc(C(=O)N(CCO)Cc2ccccc2)cc1. The van der Waals surface area contributed by atoms with Crippen molar-refractivity contribution in [2.45, 2.75) is 6.54 Å². The molecule has 0 saturated heterocycles. The number of amides is 1. The van der Waals surface area contributed by atoms with Gasteiger partial charge in [-0.1, -0.05) is 30.3 Å². The molecule has 0 aliphatic carbocycles. The van der Waals surface area contributed by atoms with Crippen LogP contribution in [0.4, 0.5) is 0 Å². The van der Waals surface area contributed by atoms with E-state index in [-0.39, 0.29) is 19.1 Å². The molecular weight excluding hydrogens is 264 g/mol. The molecule has 106 valence electrons. The fraction of sp³-hybridized carbons (Fsp3) is 0.176. The molecule has 1 amide bonds. The van der Waals surface area contributed by atoms with Gasteiger partial charge in [0.1, 0.15) is 0 Å². The van der Waals surface area contributed by atoms with Crippen LogP contribution in [0.25, 0.3) is 0 Å². The van der Waals surface area contributed by atoms with Crippen LogP contribution in [0.1, 0.15) is 21.5 Å². The molecule has 0 heterocycles. The fourth-order valence-corrected chi connectivity index (χ4v) is 2.05. The normalized spacial score (nSPS) is 9.90. The van der Waals surface area contributed by atoms with E-state index < -0.39 is 0 Å². The second-order valence-corrected chi connectivity index (χ2v) is 4.63. The minimum absolute atomic E-state index is 0.0884. The first-order valence-electron chi connectivity index (χ1n) is 6.69. The van der Waals surface area contributed by atoms with Crippen molar-refractivity contribution < 1.29 is 9.90 Å². The quantitative estimate of drug-likeness (QED) is 0.913. The molecule has 0 unspecified atom stereocenters. The summed E-state index contributed by atoms with van der Waals surface area (Å²) in [4.78, 5) is 14.1. The van der Waals surface area contributed by atoms with Crippen molar-refractivity contribution >= 4 is 5.91 Å². The highest BCUT2D eigenvalue weighted by atomic mass is 16.3. The lowest BCUT2D eigenvalue weighted by atomic mass is 10.1. The summed E-state index contributed by atoms with van der Waals surface area (Å²) in [6, 6.07) is 18.2. The predicted octanol–water partition coefficient (Wildman–Crippen LogP) is 2.19. The molecular formula is C17H16N2O2. The van der Waals surface area contributed by atoms with Gasteiger partial charge in [0.05, 0.1) is 18.2 Å². The lowest BCUT2D eigenvalue weighted by Crippen LogP contribution is -2.33. The molecule has 4 nitrogen and oxygen atoms in total. The van der Waals surface area contributed by atoms with E-state index in [2.05, 4.69) is 0 Å². The molecule has 0 bridgehead atoms. The molecule has 0 aliphatic rings. The average Bonchev–Trinajstić information content (AvgIpc) is 2.55. The van der Waals surface area contributed by atoms with Crippen LogP contribution in [0.3, 0.4) is 0 Å². The van der Waals surface area contributed by atoms with Crippen molar-refractivity contribution in [3.8, 4) is 6.07 Å². The summed E-state index contributed by atoms with van der Waals surface area (Å²) in [5.41, 5.74) is 2.04. The summed E-state index contributed by atoms with van der Waals surface area (Å²) in [6.45, 7) is 0.628. The molecule has 0 fully saturated rings. The lowest BCUT2D eigenvalue weighted by Gasteiger charge is -2.22. The van der Waals surface area contributed by atoms with E-state index in [0.717, 1.165) is 5.56 Å². The van der Waals surface area contributed by atoms with E-state index in [1.807, 2.05) is 36.4 Å². The van der Waals surface area contributed by atoms with Crippen LogP contribution in [-0.4, -0.2) is 29.1 Å². The highest BCUT2D eigenvalue weighted by molar-refractivity contribution is 5.94. The first kappa shape index (κ1) is 14.8. The largest absolute Gasteiger partial charge is 0.395 e. The Kier molecular flexibility index (Phi) is 5.08. The maximum absolute atomic E-state index is 12.5. The van der Waals surface area contributed by atoms with Crippen molar-refractivity contribution in [3.63, 3.8) is 0 Å². The first-order chi connectivity index (χ1) is 10.2. The molecule has 0 aromatic heterocycles. The van der Waals surface area contributed by atoms with Gasteiger partial charge >= 0.3 is 0 Å². The van der Waals surface area contributed by atoms with Gasteiger partial charge in [-0.2, -0.15) is 5.26 Å². The third-order valence-electron chi connectivity index (χ3n) is 3.13. The Morgan fingerprint density at radius 3 is 2.33 bits per heavy atom. The first-order valence-corrected chi connectivity index (χ1v) is 6.69. The zero-order valence-electron chi connectivity index (χ0n) is 11.6. The maximum atomic E-state index is 12.5. The summed E-state index contributed by atoms with van der Waals surface area (Å²) in [5, 5.41) is 17.9. The average molecular weight is 280 g/mol. The molecule has 1 N–H and O–H groups in total. The van der Waals surface area contributed by atoms with Gasteiger partial charge in [0.15, 0.2) is 0 Å². The molecule has 0 saturated carbocycles. The number of aliphatic hydroxyl groups is 1. The van der Waals surface area contributed by atoms with Crippen LogP contribution >= 0.6 is 0 Å². The van der Waals surface area contributed by atoms with Crippen molar-refractivity contribution in [3.05, 3.63) is 71.3 Å². The van der Waals surface area contributed by atoms with E-state index in [1.54, 1.807) is 29.2 Å². The zero-order chi connectivity index (χ0) is 15.1. The van der Waals surface area contributed by atoms with Gasteiger partial charge in [-0.3, -0.25) is 4.79 Å². The summed E-state index contributed by atoms with van der Waals surface area (Å²) in [7, 11) is 0. The molecule has 2 aromatic carbocycles. The van der Waals surface area contributed by atoms with Crippen LogP contribution in [0, 0.1) is 11.3 Å². The standard InChI is InChI=1S/C17H16N2O2/c18-12-14-6-8-16(9-7-14)17(21)19(10-11-20)13-15-4-2-1-3-5-15/h1-9,20H,10-11,13H2. The van der Waals surface area contributed by atoms with Gasteiger partial charge in [-0.05, 0) is 29.8 Å². The number of benzene rings is 2. The Morgan fingerprint density at radius 2 is 1.76 bits per heavy atom. The van der Waals surface area contributed by atoms with Crippen LogP contribution < -0.4 is 0 Å². The summed E-state index contributed by atoms with van der Waals surface area (Å²) >= 11 is 0. The number of carbonyl (C=O) groups is 1. The molecule has 0 spiro atoms. The van der Waals surface area contributed by atoms with Crippen LogP contribution in [0.5, 0.6) is 0 Å². The van der Waals surface area contributed by atoms with Crippen molar-refractivity contribution in [2.24, 2.45) is 0 Å². The van der Waals surface area contributed by atoms with Crippen molar-refractivity contribution in [1.82, 2.24) is 4.90 Å². The molecule has 0 radical (unpaired) electrons. The van der Waals surface area contributed by atoms with Crippen LogP contribution in [0.15, 0.2) is 54.6 Å². The second kappa shape index (κ2) is 7.22. The van der Waals surface area contributed by atoms with E-state index in [0.29, 0.717) is 17.7 Å². The molecule has 2 rings (SSSR count). The Hall–Kier alpha value is -2.64. The Balaban J connectivity index is 2.16. The van der Waals surface area contributed by atoms with E-state index in [9.17, 15) is 4.79 Å². The minimum atomic E-state index is -0.155. The Bertz CT molecular complexity index is 630. The molecule has 21 heavy (non-hydrogen) atoms. The number of carbonyl (C=O) groups excluding carboxylic acids is 1. The zero-order valence-corrected chi connectivity index (χ0v) is 11.6. The van der Waals surface area contributed by atoms with Gasteiger partial charge in [0.25, 0.3) is 5.91 Å². The summed E-state index contributed by atoms with van der Waals surface area (Å²) in [6.07, 6.45) is 0. The number of hydrogen-bond donors (Lipinski definition) is 1. The van der Waals surface area contributed by atoms with Gasteiger partial charge in [-0.25, -0.2) is 0 Å². The lowest BCUT2D eigenvalue weighted by molar-refractivity contribution is 0.0708. The monoisotopic (exact) mass is 280 g/mol. The van der Waals surface area contributed by atoms with E-state index in [4.69, 9.17) is 10.4 Å². The van der Waals surface area contributed by atoms with Gasteiger partial charge in [-0.15, -0.1) is 0 Å².